The molecule has 0 aliphatic rings. The van der Waals surface area contributed by atoms with E-state index in [0.717, 1.165) is 33.7 Å². The van der Waals surface area contributed by atoms with Crippen molar-refractivity contribution in [2.24, 2.45) is 0 Å². The molecule has 0 spiro atoms. The minimum Gasteiger partial charge on any atom is -0.331 e. The zero-order valence-electron chi connectivity index (χ0n) is 11.8. The van der Waals surface area contributed by atoms with Crippen LogP contribution in [0.25, 0.3) is 11.0 Å². The molecule has 1 heterocycles. The Bertz CT molecular complexity index is 805. The average molecular weight is 317 g/mol. The van der Waals surface area contributed by atoms with Gasteiger partial charge in [0, 0.05) is 11.1 Å². The Morgan fingerprint density at radius 3 is 2.71 bits per heavy atom. The van der Waals surface area contributed by atoms with Gasteiger partial charge in [0.1, 0.15) is 0 Å². The number of nitrogens with one attached hydrogen (secondary N) is 1. The molecule has 3 rings (SSSR count). The summed E-state index contributed by atoms with van der Waals surface area (Å²) in [5.74, 6) is 0. The zero-order valence-corrected chi connectivity index (χ0v) is 13.4. The van der Waals surface area contributed by atoms with E-state index in [1.807, 2.05) is 24.3 Å². The number of rotatable bonds is 4. The largest absolute Gasteiger partial charge is 0.331 e. The van der Waals surface area contributed by atoms with Gasteiger partial charge in [0.15, 0.2) is 4.77 Å². The number of H-pyrrole nitrogens is 1. The van der Waals surface area contributed by atoms with Gasteiger partial charge in [0.2, 0.25) is 0 Å². The van der Waals surface area contributed by atoms with E-state index in [4.69, 9.17) is 23.8 Å². The van der Waals surface area contributed by atoms with Crippen molar-refractivity contribution in [3.8, 4) is 0 Å². The van der Waals surface area contributed by atoms with Gasteiger partial charge in [0.25, 0.3) is 0 Å². The summed E-state index contributed by atoms with van der Waals surface area (Å²) in [5.41, 5.74) is 3.47. The molecule has 1 N–H and O–H groups in total. The first kappa shape index (κ1) is 14.4. The van der Waals surface area contributed by atoms with E-state index in [-0.39, 0.29) is 0 Å². The van der Waals surface area contributed by atoms with Gasteiger partial charge in [-0.2, -0.15) is 0 Å². The minimum atomic E-state index is 0.324. The third kappa shape index (κ3) is 3.04. The molecule has 108 valence electrons. The van der Waals surface area contributed by atoms with Crippen LogP contribution in [0.3, 0.4) is 0 Å². The number of aromatic amines is 1. The smallest absolute Gasteiger partial charge is 0.178 e. The lowest BCUT2D eigenvalue weighted by Gasteiger charge is -2.14. The Balaban J connectivity index is 1.87. The molecule has 0 aliphatic heterocycles. The highest BCUT2D eigenvalue weighted by molar-refractivity contribution is 7.71. The van der Waals surface area contributed by atoms with Crippen molar-refractivity contribution in [2.45, 2.75) is 25.8 Å². The van der Waals surface area contributed by atoms with Crippen LogP contribution in [0.2, 0.25) is 5.02 Å². The van der Waals surface area contributed by atoms with Crippen molar-refractivity contribution in [3.05, 3.63) is 63.9 Å². The molecule has 1 atom stereocenters. The van der Waals surface area contributed by atoms with Crippen LogP contribution in [-0.2, 0) is 6.42 Å². The van der Waals surface area contributed by atoms with Crippen molar-refractivity contribution in [3.63, 3.8) is 0 Å². The van der Waals surface area contributed by atoms with Gasteiger partial charge >= 0.3 is 0 Å². The number of hydrogen-bond acceptors (Lipinski definition) is 1. The number of fused-ring (bicyclic) bond motifs is 1. The molecule has 0 amide bonds. The lowest BCUT2D eigenvalue weighted by atomic mass is 10.1. The molecule has 0 radical (unpaired) electrons. The molecule has 0 fully saturated rings. The van der Waals surface area contributed by atoms with Crippen molar-refractivity contribution in [1.29, 1.82) is 0 Å². The molecule has 0 saturated heterocycles. The molecule has 21 heavy (non-hydrogen) atoms. The highest BCUT2D eigenvalue weighted by Gasteiger charge is 2.11. The molecule has 0 aliphatic carbocycles. The second kappa shape index (κ2) is 6.04. The quantitative estimate of drug-likeness (QED) is 0.626. The average Bonchev–Trinajstić information content (AvgIpc) is 2.81. The fourth-order valence-electron chi connectivity index (χ4n) is 2.68. The summed E-state index contributed by atoms with van der Waals surface area (Å²) < 4.78 is 2.92. The SMILES string of the molecule is CC(CCc1ccccc1)n1c(=S)[nH]c2ccc(Cl)cc21. The van der Waals surface area contributed by atoms with E-state index in [9.17, 15) is 0 Å². The van der Waals surface area contributed by atoms with Crippen LogP contribution < -0.4 is 0 Å². The van der Waals surface area contributed by atoms with Crippen molar-refractivity contribution < 1.29 is 0 Å². The monoisotopic (exact) mass is 316 g/mol. The number of nitrogens with zero attached hydrogens (tertiary/aromatic N) is 1. The topological polar surface area (TPSA) is 20.7 Å². The van der Waals surface area contributed by atoms with E-state index >= 15 is 0 Å². The Labute approximate surface area is 134 Å². The summed E-state index contributed by atoms with van der Waals surface area (Å²) in [4.78, 5) is 3.25. The van der Waals surface area contributed by atoms with Crippen molar-refractivity contribution in [1.82, 2.24) is 9.55 Å². The number of benzene rings is 2. The van der Waals surface area contributed by atoms with Gasteiger partial charge in [-0.3, -0.25) is 0 Å². The Morgan fingerprint density at radius 1 is 1.19 bits per heavy atom. The van der Waals surface area contributed by atoms with Crippen LogP contribution in [0.15, 0.2) is 48.5 Å². The normalized spacial score (nSPS) is 12.7. The van der Waals surface area contributed by atoms with Crippen LogP contribution in [0.5, 0.6) is 0 Å². The molecule has 1 unspecified atom stereocenters. The first-order chi connectivity index (χ1) is 10.1. The maximum Gasteiger partial charge on any atom is 0.178 e. The van der Waals surface area contributed by atoms with Gasteiger partial charge in [-0.05, 0) is 55.7 Å². The molecule has 1 aromatic heterocycles. The lowest BCUT2D eigenvalue weighted by Crippen LogP contribution is -2.06. The number of hydrogen-bond donors (Lipinski definition) is 1. The number of halogens is 1. The fourth-order valence-corrected chi connectivity index (χ4v) is 3.24. The molecule has 4 heteroatoms. The summed E-state index contributed by atoms with van der Waals surface area (Å²) in [6, 6.07) is 16.7. The van der Waals surface area contributed by atoms with Gasteiger partial charge in [-0.25, -0.2) is 0 Å². The summed E-state index contributed by atoms with van der Waals surface area (Å²) >= 11 is 11.6. The fraction of sp³-hybridized carbons (Fsp3) is 0.235. The third-order valence-corrected chi connectivity index (χ3v) is 4.35. The Hall–Kier alpha value is -1.58. The van der Waals surface area contributed by atoms with Gasteiger partial charge < -0.3 is 9.55 Å². The van der Waals surface area contributed by atoms with E-state index in [0.29, 0.717) is 6.04 Å². The maximum absolute atomic E-state index is 6.12. The second-order valence-corrected chi connectivity index (χ2v) is 6.16. The summed E-state index contributed by atoms with van der Waals surface area (Å²) in [5, 5.41) is 0.737. The molecule has 2 aromatic carbocycles. The lowest BCUT2D eigenvalue weighted by molar-refractivity contribution is 0.514. The van der Waals surface area contributed by atoms with Crippen LogP contribution in [-0.4, -0.2) is 9.55 Å². The van der Waals surface area contributed by atoms with Gasteiger partial charge in [-0.15, -0.1) is 0 Å². The molecule has 2 nitrogen and oxygen atoms in total. The van der Waals surface area contributed by atoms with Crippen molar-refractivity contribution in [2.75, 3.05) is 0 Å². The maximum atomic E-state index is 6.12. The first-order valence-corrected chi connectivity index (χ1v) is 7.87. The predicted molar refractivity (Wildman–Crippen MR) is 91.6 cm³/mol. The van der Waals surface area contributed by atoms with Crippen LogP contribution in [0.4, 0.5) is 0 Å². The number of aryl methyl sites for hydroxylation is 1. The van der Waals surface area contributed by atoms with Crippen LogP contribution >= 0.6 is 23.8 Å². The zero-order chi connectivity index (χ0) is 14.8. The predicted octanol–water partition coefficient (Wildman–Crippen LogP) is 5.55. The highest BCUT2D eigenvalue weighted by Crippen LogP contribution is 2.25. The summed E-state index contributed by atoms with van der Waals surface area (Å²) in [7, 11) is 0. The summed E-state index contributed by atoms with van der Waals surface area (Å²) in [6.07, 6.45) is 2.08. The highest BCUT2D eigenvalue weighted by atomic mass is 35.5. The molecule has 3 aromatic rings. The van der Waals surface area contributed by atoms with E-state index in [2.05, 4.69) is 40.7 Å². The van der Waals surface area contributed by atoms with Crippen LogP contribution in [0, 0.1) is 4.77 Å². The minimum absolute atomic E-state index is 0.324. The Kier molecular flexibility index (Phi) is 4.13. The molecule has 0 saturated carbocycles. The number of imidazole rings is 1. The number of aromatic nitrogens is 2. The van der Waals surface area contributed by atoms with Crippen LogP contribution in [0.1, 0.15) is 24.9 Å². The van der Waals surface area contributed by atoms with E-state index in [1.165, 1.54) is 5.56 Å². The molecular weight excluding hydrogens is 300 g/mol. The van der Waals surface area contributed by atoms with Gasteiger partial charge in [-0.1, -0.05) is 41.9 Å². The van der Waals surface area contributed by atoms with E-state index < -0.39 is 0 Å². The molecular formula is C17H17ClN2S. The van der Waals surface area contributed by atoms with Crippen molar-refractivity contribution >= 4 is 34.9 Å². The standard InChI is InChI=1S/C17H17ClN2S/c1-12(7-8-13-5-3-2-4-6-13)20-16-11-14(18)9-10-15(16)19-17(20)21/h2-6,9-12H,7-8H2,1H3,(H,19,21). The van der Waals surface area contributed by atoms with E-state index in [1.54, 1.807) is 0 Å². The second-order valence-electron chi connectivity index (χ2n) is 5.33. The molecule has 0 bridgehead atoms. The van der Waals surface area contributed by atoms with Gasteiger partial charge in [0.05, 0.1) is 11.0 Å². The Morgan fingerprint density at radius 2 is 1.95 bits per heavy atom. The summed E-state index contributed by atoms with van der Waals surface area (Å²) in [6.45, 7) is 2.20. The third-order valence-electron chi connectivity index (χ3n) is 3.81. The first-order valence-electron chi connectivity index (χ1n) is 7.09.